The van der Waals surface area contributed by atoms with Gasteiger partial charge in [0.2, 0.25) is 0 Å². The first-order valence-corrected chi connectivity index (χ1v) is 11.6. The molecule has 0 rings (SSSR count). The normalized spacial score (nSPS) is 12.0. The van der Waals surface area contributed by atoms with Crippen LogP contribution in [0.2, 0.25) is 0 Å². The number of hydrogen-bond donors (Lipinski definition) is 4. The fraction of sp³-hybridized carbons (Fsp3) is 1.00. The van der Waals surface area contributed by atoms with Crippen molar-refractivity contribution in [2.45, 2.75) is 51.4 Å². The van der Waals surface area contributed by atoms with E-state index in [0.717, 1.165) is 51.9 Å². The SMILES string of the molecule is O=[PH](OCN(CCCCO)CCCCO)OCN(CCCCO)CCCCO. The summed E-state index contributed by atoms with van der Waals surface area (Å²) in [7, 11) is -2.63. The van der Waals surface area contributed by atoms with E-state index in [0.29, 0.717) is 25.7 Å². The Morgan fingerprint density at radius 3 is 1.07 bits per heavy atom. The molecule has 0 amide bonds. The molecule has 4 N–H and O–H groups in total. The molecule has 0 saturated carbocycles. The molecule has 0 unspecified atom stereocenters. The lowest BCUT2D eigenvalue weighted by Gasteiger charge is -2.23. The third-order valence-electron chi connectivity index (χ3n) is 4.26. The Kier molecular flexibility index (Phi) is 21.5. The second kappa shape index (κ2) is 21.6. The van der Waals surface area contributed by atoms with Crippen LogP contribution in [0.1, 0.15) is 51.4 Å². The molecule has 0 radical (unpaired) electrons. The smallest absolute Gasteiger partial charge is 0.321 e. The monoisotopic (exact) mass is 428 g/mol. The van der Waals surface area contributed by atoms with Gasteiger partial charge in [0.25, 0.3) is 0 Å². The minimum atomic E-state index is -2.63. The zero-order chi connectivity index (χ0) is 20.9. The molecule has 0 fully saturated rings. The Morgan fingerprint density at radius 1 is 0.536 bits per heavy atom. The van der Waals surface area contributed by atoms with Gasteiger partial charge in [0.1, 0.15) is 13.5 Å². The van der Waals surface area contributed by atoms with Gasteiger partial charge in [-0.2, -0.15) is 0 Å². The molecular formula is C18H41N2O7P. The Labute approximate surface area is 170 Å². The Morgan fingerprint density at radius 2 is 0.821 bits per heavy atom. The second-order valence-corrected chi connectivity index (χ2v) is 7.83. The summed E-state index contributed by atoms with van der Waals surface area (Å²) in [6, 6.07) is 0. The quantitative estimate of drug-likeness (QED) is 0.114. The fourth-order valence-electron chi connectivity index (χ4n) is 2.60. The second-order valence-electron chi connectivity index (χ2n) is 6.76. The molecular weight excluding hydrogens is 387 g/mol. The zero-order valence-electron chi connectivity index (χ0n) is 17.1. The highest BCUT2D eigenvalue weighted by Crippen LogP contribution is 2.24. The number of rotatable bonds is 22. The summed E-state index contributed by atoms with van der Waals surface area (Å²) < 4.78 is 22.9. The zero-order valence-corrected chi connectivity index (χ0v) is 18.1. The maximum atomic E-state index is 12.1. The molecule has 0 aliphatic rings. The van der Waals surface area contributed by atoms with Gasteiger partial charge in [0.15, 0.2) is 0 Å². The van der Waals surface area contributed by atoms with Crippen molar-refractivity contribution in [3.05, 3.63) is 0 Å². The van der Waals surface area contributed by atoms with E-state index in [9.17, 15) is 4.57 Å². The van der Waals surface area contributed by atoms with Crippen LogP contribution in [-0.2, 0) is 13.6 Å². The van der Waals surface area contributed by atoms with Gasteiger partial charge in [-0.25, -0.2) is 0 Å². The van der Waals surface area contributed by atoms with Crippen molar-refractivity contribution < 1.29 is 34.0 Å². The van der Waals surface area contributed by atoms with E-state index in [1.165, 1.54) is 0 Å². The fourth-order valence-corrected chi connectivity index (χ4v) is 3.26. The van der Waals surface area contributed by atoms with Crippen molar-refractivity contribution in [1.29, 1.82) is 0 Å². The Hall–Kier alpha value is -0.0900. The summed E-state index contributed by atoms with van der Waals surface area (Å²) in [6.45, 7) is 3.91. The number of hydrogen-bond acceptors (Lipinski definition) is 9. The van der Waals surface area contributed by atoms with Crippen molar-refractivity contribution in [3.8, 4) is 0 Å². The lowest BCUT2D eigenvalue weighted by molar-refractivity contribution is 0.0749. The van der Waals surface area contributed by atoms with E-state index in [4.69, 9.17) is 29.5 Å². The lowest BCUT2D eigenvalue weighted by atomic mass is 10.2. The third-order valence-corrected chi connectivity index (χ3v) is 4.99. The Balaban J connectivity index is 4.21. The Bertz CT molecular complexity index is 304. The molecule has 170 valence electrons. The van der Waals surface area contributed by atoms with E-state index in [-0.39, 0.29) is 39.9 Å². The minimum Gasteiger partial charge on any atom is -0.396 e. The van der Waals surface area contributed by atoms with E-state index >= 15 is 0 Å². The first-order valence-electron chi connectivity index (χ1n) is 10.4. The molecule has 9 nitrogen and oxygen atoms in total. The number of aliphatic hydroxyl groups excluding tert-OH is 4. The van der Waals surface area contributed by atoms with Crippen molar-refractivity contribution in [2.24, 2.45) is 0 Å². The van der Waals surface area contributed by atoms with Crippen LogP contribution < -0.4 is 0 Å². The van der Waals surface area contributed by atoms with Crippen LogP contribution in [0.25, 0.3) is 0 Å². The van der Waals surface area contributed by atoms with E-state index in [1.54, 1.807) is 0 Å². The van der Waals surface area contributed by atoms with Crippen LogP contribution in [0.3, 0.4) is 0 Å². The van der Waals surface area contributed by atoms with Crippen LogP contribution in [0, 0.1) is 0 Å². The first kappa shape index (κ1) is 27.9. The standard InChI is InChI=1S/C18H41N2O7P/c21-13-5-1-9-19(10-2-6-14-22)17-26-28(25)27-18-20(11-3-7-15-23)12-4-8-16-24/h21-24,28H,1-18H2. The largest absolute Gasteiger partial charge is 0.396 e. The number of nitrogens with zero attached hydrogens (tertiary/aromatic N) is 2. The van der Waals surface area contributed by atoms with Gasteiger partial charge in [-0.05, 0) is 51.4 Å². The van der Waals surface area contributed by atoms with Crippen molar-refractivity contribution in [3.63, 3.8) is 0 Å². The molecule has 0 atom stereocenters. The molecule has 0 aromatic heterocycles. The summed E-state index contributed by atoms with van der Waals surface area (Å²) in [5, 5.41) is 35.6. The van der Waals surface area contributed by atoms with Gasteiger partial charge in [0, 0.05) is 52.6 Å². The van der Waals surface area contributed by atoms with E-state index in [1.807, 2.05) is 9.80 Å². The predicted octanol–water partition coefficient (Wildman–Crippen LogP) is 1.02. The van der Waals surface area contributed by atoms with Gasteiger partial charge in [-0.1, -0.05) is 0 Å². The van der Waals surface area contributed by atoms with Crippen molar-refractivity contribution in [1.82, 2.24) is 9.80 Å². The van der Waals surface area contributed by atoms with Gasteiger partial charge < -0.3 is 20.4 Å². The van der Waals surface area contributed by atoms with Crippen LogP contribution >= 0.6 is 8.25 Å². The molecule has 0 aromatic rings. The summed E-state index contributed by atoms with van der Waals surface area (Å²) in [5.74, 6) is 0. The average Bonchev–Trinajstić information content (AvgIpc) is 2.70. The van der Waals surface area contributed by atoms with Crippen LogP contribution in [0.4, 0.5) is 0 Å². The minimum absolute atomic E-state index is 0.146. The molecule has 0 spiro atoms. The summed E-state index contributed by atoms with van der Waals surface area (Å²) in [5.41, 5.74) is 0. The highest BCUT2D eigenvalue weighted by atomic mass is 31.1. The molecule has 0 heterocycles. The van der Waals surface area contributed by atoms with Gasteiger partial charge in [-0.3, -0.25) is 23.4 Å². The highest BCUT2D eigenvalue weighted by Gasteiger charge is 2.10. The number of aliphatic hydroxyl groups is 4. The van der Waals surface area contributed by atoms with Gasteiger partial charge in [0.05, 0.1) is 0 Å². The molecule has 0 aliphatic carbocycles. The van der Waals surface area contributed by atoms with Crippen LogP contribution in [0.15, 0.2) is 0 Å². The average molecular weight is 429 g/mol. The van der Waals surface area contributed by atoms with Gasteiger partial charge >= 0.3 is 8.25 Å². The summed E-state index contributed by atoms with van der Waals surface area (Å²) >= 11 is 0. The molecule has 28 heavy (non-hydrogen) atoms. The third kappa shape index (κ3) is 18.0. The molecule has 0 bridgehead atoms. The van der Waals surface area contributed by atoms with E-state index < -0.39 is 8.25 Å². The van der Waals surface area contributed by atoms with Crippen LogP contribution in [-0.4, -0.2) is 96.3 Å². The van der Waals surface area contributed by atoms with Gasteiger partial charge in [-0.15, -0.1) is 0 Å². The lowest BCUT2D eigenvalue weighted by Crippen LogP contribution is -2.29. The first-order chi connectivity index (χ1) is 13.7. The predicted molar refractivity (Wildman–Crippen MR) is 109 cm³/mol. The van der Waals surface area contributed by atoms with Crippen molar-refractivity contribution in [2.75, 3.05) is 66.1 Å². The number of unbranched alkanes of at least 4 members (excludes halogenated alkanes) is 4. The molecule has 0 aliphatic heterocycles. The summed E-state index contributed by atoms with van der Waals surface area (Å²) in [6.07, 6.45) is 6.12. The summed E-state index contributed by atoms with van der Waals surface area (Å²) in [4.78, 5) is 4.02. The van der Waals surface area contributed by atoms with Crippen LogP contribution in [0.5, 0.6) is 0 Å². The maximum absolute atomic E-state index is 12.1. The molecule has 10 heteroatoms. The van der Waals surface area contributed by atoms with Crippen molar-refractivity contribution >= 4 is 8.25 Å². The maximum Gasteiger partial charge on any atom is 0.321 e. The molecule has 0 saturated heterocycles. The molecule has 0 aromatic carbocycles. The topological polar surface area (TPSA) is 123 Å². The van der Waals surface area contributed by atoms with E-state index in [2.05, 4.69) is 0 Å². The highest BCUT2D eigenvalue weighted by molar-refractivity contribution is 7.33.